The largest absolute Gasteiger partial charge is 0.519 e. The molecular formula is C16H18N2O3Y-2. The number of cyclic esters (lactones) is 1. The summed E-state index contributed by atoms with van der Waals surface area (Å²) in [7, 11) is 0. The van der Waals surface area contributed by atoms with Crippen molar-refractivity contribution in [1.82, 2.24) is 5.32 Å². The summed E-state index contributed by atoms with van der Waals surface area (Å²) in [5, 5.41) is 2.65. The maximum atomic E-state index is 11.9. The number of hydrogen-bond acceptors (Lipinski definition) is 3. The van der Waals surface area contributed by atoms with Gasteiger partial charge in [-0.3, -0.25) is 15.8 Å². The number of ether oxygens (including phenoxy) is 1. The fourth-order valence-corrected chi connectivity index (χ4v) is 2.19. The minimum Gasteiger partial charge on any atom is -0.519 e. The molecule has 0 aliphatic carbocycles. The number of nitrogens with zero attached hydrogens (tertiary/aromatic N) is 1. The molecule has 0 unspecified atom stereocenters. The number of allylic oxidation sites excluding steroid dienone is 1. The second kappa shape index (κ2) is 8.34. The molecule has 5 nitrogen and oxygen atoms in total. The van der Waals surface area contributed by atoms with E-state index < -0.39 is 6.09 Å². The Bertz CT molecular complexity index is 575. The van der Waals surface area contributed by atoms with Gasteiger partial charge in [0.05, 0.1) is 13.1 Å². The van der Waals surface area contributed by atoms with Gasteiger partial charge >= 0.3 is 6.09 Å². The number of carbonyl (C=O) groups is 2. The SMILES string of the molecule is [CH-]=CCc1cc(N2C[C@H](CNC(C)=O)OC2=O)ccc1[CH2-].[Y]. The zero-order chi connectivity index (χ0) is 15.4. The first kappa shape index (κ1) is 18.7. The van der Waals surface area contributed by atoms with Crippen molar-refractivity contribution in [3.05, 3.63) is 48.9 Å². The van der Waals surface area contributed by atoms with E-state index in [4.69, 9.17) is 11.3 Å². The zero-order valence-electron chi connectivity index (χ0n) is 12.5. The number of anilines is 1. The molecule has 0 spiro atoms. The van der Waals surface area contributed by atoms with Crippen molar-refractivity contribution in [3.63, 3.8) is 0 Å². The van der Waals surface area contributed by atoms with Crippen molar-refractivity contribution in [2.45, 2.75) is 19.4 Å². The predicted octanol–water partition coefficient (Wildman–Crippen LogP) is 1.86. The van der Waals surface area contributed by atoms with Crippen LogP contribution in [0.1, 0.15) is 18.1 Å². The topological polar surface area (TPSA) is 58.6 Å². The number of carbonyl (C=O) groups excluding carboxylic acids is 2. The summed E-state index contributed by atoms with van der Waals surface area (Å²) in [4.78, 5) is 24.4. The van der Waals surface area contributed by atoms with Gasteiger partial charge in [0.25, 0.3) is 0 Å². The van der Waals surface area contributed by atoms with E-state index in [2.05, 4.69) is 12.2 Å². The summed E-state index contributed by atoms with van der Waals surface area (Å²) in [6.07, 6.45) is 1.38. The molecule has 1 fully saturated rings. The Labute approximate surface area is 156 Å². The van der Waals surface area contributed by atoms with Gasteiger partial charge in [-0.15, -0.1) is 5.56 Å². The van der Waals surface area contributed by atoms with Gasteiger partial charge in [-0.1, -0.05) is 18.6 Å². The molecule has 1 saturated heterocycles. The molecule has 1 aliphatic rings. The van der Waals surface area contributed by atoms with Crippen LogP contribution < -0.4 is 10.2 Å². The van der Waals surface area contributed by atoms with E-state index in [-0.39, 0.29) is 44.7 Å². The van der Waals surface area contributed by atoms with Crippen molar-refractivity contribution in [3.8, 4) is 0 Å². The van der Waals surface area contributed by atoms with Gasteiger partial charge in [0.2, 0.25) is 5.91 Å². The van der Waals surface area contributed by atoms with E-state index in [0.717, 1.165) is 16.8 Å². The second-order valence-electron chi connectivity index (χ2n) is 4.95. The normalized spacial score (nSPS) is 16.7. The van der Waals surface area contributed by atoms with Crippen LogP contribution in [0.3, 0.4) is 0 Å². The molecule has 1 aromatic carbocycles. The molecule has 1 atom stereocenters. The molecule has 0 bridgehead atoms. The Kier molecular flexibility index (Phi) is 7.10. The van der Waals surface area contributed by atoms with Crippen LogP contribution in [-0.2, 0) is 48.7 Å². The summed E-state index contributed by atoms with van der Waals surface area (Å²) in [5.41, 5.74) is 2.59. The van der Waals surface area contributed by atoms with Gasteiger partial charge in [0.15, 0.2) is 0 Å². The number of hydrogen-bond donors (Lipinski definition) is 1. The van der Waals surface area contributed by atoms with Crippen molar-refractivity contribution in [2.75, 3.05) is 18.0 Å². The summed E-state index contributed by atoms with van der Waals surface area (Å²) in [6, 6.07) is 5.56. The third-order valence-corrected chi connectivity index (χ3v) is 3.29. The Balaban J connectivity index is 0.00000242. The maximum absolute atomic E-state index is 11.9. The van der Waals surface area contributed by atoms with Gasteiger partial charge in [-0.05, 0) is 0 Å². The minimum absolute atomic E-state index is 0. The van der Waals surface area contributed by atoms with Crippen molar-refractivity contribution >= 4 is 17.7 Å². The minimum atomic E-state index is -0.412. The molecule has 115 valence electrons. The molecule has 6 heteroatoms. The van der Waals surface area contributed by atoms with E-state index in [0.29, 0.717) is 19.5 Å². The molecule has 1 N–H and O–H groups in total. The Hall–Kier alpha value is -1.33. The average Bonchev–Trinajstić information content (AvgIpc) is 2.80. The fraction of sp³-hybridized carbons (Fsp3) is 0.312. The van der Waals surface area contributed by atoms with E-state index >= 15 is 0 Å². The van der Waals surface area contributed by atoms with Crippen molar-refractivity contribution < 1.29 is 47.0 Å². The first-order chi connectivity index (χ1) is 10.0. The van der Waals surface area contributed by atoms with E-state index in [1.54, 1.807) is 11.0 Å². The van der Waals surface area contributed by atoms with Crippen LogP contribution in [0.5, 0.6) is 0 Å². The predicted molar refractivity (Wildman–Crippen MR) is 79.8 cm³/mol. The number of benzene rings is 1. The Morgan fingerprint density at radius 1 is 1.59 bits per heavy atom. The van der Waals surface area contributed by atoms with Gasteiger partial charge < -0.3 is 16.6 Å². The van der Waals surface area contributed by atoms with Crippen LogP contribution in [0.4, 0.5) is 10.5 Å². The molecule has 2 rings (SSSR count). The molecule has 1 aliphatic heterocycles. The number of nitrogens with one attached hydrogen (secondary N) is 1. The first-order valence-corrected chi connectivity index (χ1v) is 6.72. The molecule has 0 aromatic heterocycles. The summed E-state index contributed by atoms with van der Waals surface area (Å²) in [6.45, 7) is 11.5. The van der Waals surface area contributed by atoms with Gasteiger partial charge in [-0.2, -0.15) is 18.6 Å². The number of rotatable bonds is 5. The molecule has 22 heavy (non-hydrogen) atoms. The summed E-state index contributed by atoms with van der Waals surface area (Å²) in [5.74, 6) is -0.147. The summed E-state index contributed by atoms with van der Waals surface area (Å²) < 4.78 is 5.23. The van der Waals surface area contributed by atoms with Crippen LogP contribution >= 0.6 is 0 Å². The smallest absolute Gasteiger partial charge is 0.414 e. The third kappa shape index (κ3) is 4.58. The van der Waals surface area contributed by atoms with E-state index in [1.165, 1.54) is 6.92 Å². The standard InChI is InChI=1S/C16H18N2O3.Y/c1-4-5-13-8-14(7-6-11(13)2)18-10-15(21-16(18)20)9-17-12(3)19;/h1,4,6-8,15H,2,5,9-10H2,3H3,(H,17,19);/q-2;/t15-;/m0./s1. The van der Waals surface area contributed by atoms with Crippen LogP contribution in [0.2, 0.25) is 0 Å². The van der Waals surface area contributed by atoms with Crippen molar-refractivity contribution in [2.24, 2.45) is 0 Å². The average molecular weight is 375 g/mol. The molecule has 0 saturated carbocycles. The Morgan fingerprint density at radius 2 is 2.32 bits per heavy atom. The molecular weight excluding hydrogens is 357 g/mol. The van der Waals surface area contributed by atoms with Crippen LogP contribution in [0.25, 0.3) is 0 Å². The molecule has 1 aromatic rings. The van der Waals surface area contributed by atoms with Gasteiger partial charge in [-0.25, -0.2) is 4.79 Å². The first-order valence-electron chi connectivity index (χ1n) is 6.72. The van der Waals surface area contributed by atoms with Crippen molar-refractivity contribution in [1.29, 1.82) is 0 Å². The molecule has 1 radical (unpaired) electrons. The monoisotopic (exact) mass is 375 g/mol. The molecule has 2 amide bonds. The second-order valence-corrected chi connectivity index (χ2v) is 4.95. The van der Waals surface area contributed by atoms with Crippen LogP contribution in [-0.4, -0.2) is 31.2 Å². The maximum Gasteiger partial charge on any atom is 0.414 e. The van der Waals surface area contributed by atoms with Gasteiger partial charge in [0.1, 0.15) is 6.10 Å². The summed E-state index contributed by atoms with van der Waals surface area (Å²) >= 11 is 0. The third-order valence-electron chi connectivity index (χ3n) is 3.29. The fourth-order valence-electron chi connectivity index (χ4n) is 2.19. The zero-order valence-corrected chi connectivity index (χ0v) is 15.4. The molecule has 1 heterocycles. The van der Waals surface area contributed by atoms with Crippen LogP contribution in [0.15, 0.2) is 24.3 Å². The number of amides is 2. The Morgan fingerprint density at radius 3 is 2.95 bits per heavy atom. The van der Waals surface area contributed by atoms with Crippen LogP contribution in [0, 0.1) is 13.5 Å². The van der Waals surface area contributed by atoms with E-state index in [1.807, 2.05) is 18.2 Å². The van der Waals surface area contributed by atoms with E-state index in [9.17, 15) is 9.59 Å². The van der Waals surface area contributed by atoms with Gasteiger partial charge in [0, 0.05) is 45.3 Å². The quantitative estimate of drug-likeness (QED) is 0.800.